The molecule has 0 aromatic carbocycles. The second-order valence-corrected chi connectivity index (χ2v) is 4.85. The SMILES string of the molecule is CC(CNC(=O)C1CNC1)N(C)C1CC1. The average Bonchev–Trinajstić information content (AvgIpc) is 2.93. The second kappa shape index (κ2) is 4.49. The van der Waals surface area contributed by atoms with Crippen molar-refractivity contribution in [2.75, 3.05) is 26.7 Å². The summed E-state index contributed by atoms with van der Waals surface area (Å²) in [5, 5.41) is 6.14. The van der Waals surface area contributed by atoms with Gasteiger partial charge in [-0.25, -0.2) is 0 Å². The Labute approximate surface area is 91.4 Å². The van der Waals surface area contributed by atoms with Crippen LogP contribution in [0.3, 0.4) is 0 Å². The first-order valence-electron chi connectivity index (χ1n) is 5.89. The Morgan fingerprint density at radius 2 is 2.20 bits per heavy atom. The average molecular weight is 211 g/mol. The highest BCUT2D eigenvalue weighted by Crippen LogP contribution is 2.26. The number of rotatable bonds is 5. The van der Waals surface area contributed by atoms with Gasteiger partial charge in [0.25, 0.3) is 0 Å². The Kier molecular flexibility index (Phi) is 3.26. The predicted octanol–water partition coefficient (Wildman–Crippen LogP) is -0.195. The van der Waals surface area contributed by atoms with Crippen molar-refractivity contribution in [3.63, 3.8) is 0 Å². The summed E-state index contributed by atoms with van der Waals surface area (Å²) in [6.45, 7) is 4.65. The van der Waals surface area contributed by atoms with Gasteiger partial charge in [-0.1, -0.05) is 0 Å². The van der Waals surface area contributed by atoms with Gasteiger partial charge in [-0.3, -0.25) is 9.69 Å². The third-order valence-electron chi connectivity index (χ3n) is 3.54. The van der Waals surface area contributed by atoms with Crippen LogP contribution in [-0.2, 0) is 4.79 Å². The molecule has 2 N–H and O–H groups in total. The van der Waals surface area contributed by atoms with E-state index < -0.39 is 0 Å². The lowest BCUT2D eigenvalue weighted by atomic mass is 10.0. The molecule has 0 spiro atoms. The zero-order valence-corrected chi connectivity index (χ0v) is 9.62. The Balaban J connectivity index is 1.65. The molecule has 1 amide bonds. The molecule has 4 nitrogen and oxygen atoms in total. The molecule has 1 saturated carbocycles. The number of carbonyl (C=O) groups is 1. The van der Waals surface area contributed by atoms with Gasteiger partial charge >= 0.3 is 0 Å². The maximum absolute atomic E-state index is 11.6. The molecule has 0 aromatic rings. The molecule has 1 heterocycles. The maximum Gasteiger partial charge on any atom is 0.225 e. The lowest BCUT2D eigenvalue weighted by molar-refractivity contribution is -0.126. The van der Waals surface area contributed by atoms with E-state index in [9.17, 15) is 4.79 Å². The van der Waals surface area contributed by atoms with Crippen LogP contribution in [-0.4, -0.2) is 49.6 Å². The predicted molar refractivity (Wildman–Crippen MR) is 59.6 cm³/mol. The zero-order valence-electron chi connectivity index (χ0n) is 9.62. The van der Waals surface area contributed by atoms with E-state index in [0.717, 1.165) is 25.7 Å². The Morgan fingerprint density at radius 3 is 2.67 bits per heavy atom. The molecule has 4 heteroatoms. The molecule has 1 atom stereocenters. The Bertz CT molecular complexity index is 236. The van der Waals surface area contributed by atoms with Crippen LogP contribution < -0.4 is 10.6 Å². The van der Waals surface area contributed by atoms with E-state index in [1.165, 1.54) is 12.8 Å². The molecular weight excluding hydrogens is 190 g/mol. The van der Waals surface area contributed by atoms with Crippen LogP contribution in [0.4, 0.5) is 0 Å². The monoisotopic (exact) mass is 211 g/mol. The molecule has 1 unspecified atom stereocenters. The van der Waals surface area contributed by atoms with Crippen molar-refractivity contribution in [1.82, 2.24) is 15.5 Å². The molecule has 2 fully saturated rings. The molecule has 1 saturated heterocycles. The molecule has 2 aliphatic rings. The fourth-order valence-corrected chi connectivity index (χ4v) is 1.85. The Hall–Kier alpha value is -0.610. The van der Waals surface area contributed by atoms with Gasteiger partial charge < -0.3 is 10.6 Å². The minimum atomic E-state index is 0.212. The van der Waals surface area contributed by atoms with Gasteiger partial charge in [0.1, 0.15) is 0 Å². The third-order valence-corrected chi connectivity index (χ3v) is 3.54. The first-order chi connectivity index (χ1) is 7.18. The lowest BCUT2D eigenvalue weighted by Gasteiger charge is -2.28. The van der Waals surface area contributed by atoms with Gasteiger partial charge in [-0.2, -0.15) is 0 Å². The smallest absolute Gasteiger partial charge is 0.225 e. The summed E-state index contributed by atoms with van der Waals surface area (Å²) in [5.41, 5.74) is 0. The minimum absolute atomic E-state index is 0.212. The summed E-state index contributed by atoms with van der Waals surface area (Å²) in [6, 6.07) is 1.22. The number of hydrogen-bond acceptors (Lipinski definition) is 3. The molecule has 0 radical (unpaired) electrons. The number of likely N-dealkylation sites (N-methyl/N-ethyl adjacent to an activating group) is 1. The van der Waals surface area contributed by atoms with E-state index in [-0.39, 0.29) is 11.8 Å². The minimum Gasteiger partial charge on any atom is -0.354 e. The summed E-state index contributed by atoms with van der Waals surface area (Å²) >= 11 is 0. The van der Waals surface area contributed by atoms with Crippen LogP contribution in [0.1, 0.15) is 19.8 Å². The topological polar surface area (TPSA) is 44.4 Å². The van der Waals surface area contributed by atoms with Crippen molar-refractivity contribution in [2.45, 2.75) is 31.8 Å². The molecular formula is C11H21N3O. The van der Waals surface area contributed by atoms with Gasteiger partial charge in [0.15, 0.2) is 0 Å². The largest absolute Gasteiger partial charge is 0.354 e. The highest BCUT2D eigenvalue weighted by Gasteiger charge is 2.30. The summed E-state index contributed by atoms with van der Waals surface area (Å²) < 4.78 is 0. The van der Waals surface area contributed by atoms with Gasteiger partial charge in [0.05, 0.1) is 5.92 Å². The maximum atomic E-state index is 11.6. The number of nitrogens with zero attached hydrogens (tertiary/aromatic N) is 1. The number of carbonyl (C=O) groups excluding carboxylic acids is 1. The second-order valence-electron chi connectivity index (χ2n) is 4.85. The van der Waals surface area contributed by atoms with Crippen molar-refractivity contribution in [3.05, 3.63) is 0 Å². The number of amides is 1. The molecule has 86 valence electrons. The summed E-state index contributed by atoms with van der Waals surface area (Å²) in [5.74, 6) is 0.424. The van der Waals surface area contributed by atoms with Crippen LogP contribution in [0.25, 0.3) is 0 Å². The number of hydrogen-bond donors (Lipinski definition) is 2. The molecule has 1 aliphatic carbocycles. The Morgan fingerprint density at radius 1 is 1.53 bits per heavy atom. The fraction of sp³-hybridized carbons (Fsp3) is 0.909. The number of nitrogens with one attached hydrogen (secondary N) is 2. The van der Waals surface area contributed by atoms with Gasteiger partial charge in [0.2, 0.25) is 5.91 Å². The van der Waals surface area contributed by atoms with Crippen molar-refractivity contribution in [1.29, 1.82) is 0 Å². The highest BCUT2D eigenvalue weighted by molar-refractivity contribution is 5.80. The van der Waals surface area contributed by atoms with E-state index in [1.54, 1.807) is 0 Å². The summed E-state index contributed by atoms with van der Waals surface area (Å²) in [6.07, 6.45) is 2.64. The van der Waals surface area contributed by atoms with E-state index in [2.05, 4.69) is 29.5 Å². The molecule has 2 rings (SSSR count). The first-order valence-corrected chi connectivity index (χ1v) is 5.89. The fourth-order valence-electron chi connectivity index (χ4n) is 1.85. The van der Waals surface area contributed by atoms with Gasteiger partial charge in [-0.15, -0.1) is 0 Å². The molecule has 15 heavy (non-hydrogen) atoms. The van der Waals surface area contributed by atoms with Crippen LogP contribution in [0, 0.1) is 5.92 Å². The van der Waals surface area contributed by atoms with Crippen LogP contribution in [0.5, 0.6) is 0 Å². The van der Waals surface area contributed by atoms with Gasteiger partial charge in [-0.05, 0) is 26.8 Å². The quantitative estimate of drug-likeness (QED) is 0.662. The highest BCUT2D eigenvalue weighted by atomic mass is 16.2. The van der Waals surface area contributed by atoms with E-state index >= 15 is 0 Å². The van der Waals surface area contributed by atoms with E-state index in [0.29, 0.717) is 6.04 Å². The van der Waals surface area contributed by atoms with Crippen LogP contribution in [0.2, 0.25) is 0 Å². The van der Waals surface area contributed by atoms with Crippen molar-refractivity contribution in [3.8, 4) is 0 Å². The molecule has 1 aliphatic heterocycles. The molecule has 0 bridgehead atoms. The van der Waals surface area contributed by atoms with Crippen LogP contribution >= 0.6 is 0 Å². The summed E-state index contributed by atoms with van der Waals surface area (Å²) in [7, 11) is 2.15. The van der Waals surface area contributed by atoms with E-state index in [4.69, 9.17) is 0 Å². The van der Waals surface area contributed by atoms with Crippen LogP contribution in [0.15, 0.2) is 0 Å². The van der Waals surface area contributed by atoms with Crippen molar-refractivity contribution in [2.24, 2.45) is 5.92 Å². The lowest BCUT2D eigenvalue weighted by Crippen LogP contribution is -2.52. The molecule has 0 aromatic heterocycles. The third kappa shape index (κ3) is 2.69. The normalized spacial score (nSPS) is 23.7. The van der Waals surface area contributed by atoms with E-state index in [1.807, 2.05) is 0 Å². The van der Waals surface area contributed by atoms with Crippen molar-refractivity contribution >= 4 is 5.91 Å². The first kappa shape index (κ1) is 10.9. The van der Waals surface area contributed by atoms with Gasteiger partial charge in [0, 0.05) is 31.7 Å². The standard InChI is InChI=1S/C11H21N3O/c1-8(14(2)10-3-4-10)5-13-11(15)9-6-12-7-9/h8-10,12H,3-7H2,1-2H3,(H,13,15). The summed E-state index contributed by atoms with van der Waals surface area (Å²) in [4.78, 5) is 13.9. The van der Waals surface area contributed by atoms with Crippen molar-refractivity contribution < 1.29 is 4.79 Å². The zero-order chi connectivity index (χ0) is 10.8.